The third-order valence-corrected chi connectivity index (χ3v) is 4.50. The fraction of sp³-hybridized carbons (Fsp3) is 0.316. The number of amides is 1. The molecule has 2 N–H and O–H groups in total. The lowest BCUT2D eigenvalue weighted by atomic mass is 10.1. The van der Waals surface area contributed by atoms with Crippen molar-refractivity contribution in [1.82, 2.24) is 19.3 Å². The first kappa shape index (κ1) is 16.5. The summed E-state index contributed by atoms with van der Waals surface area (Å²) in [4.78, 5) is 23.6. The average Bonchev–Trinajstić information content (AvgIpc) is 3.03. The standard InChI is InChI=1S/C19H21N5O2/c1-12-3-4-18-22-16(10-24(18)9-12)19(25)23-5-6-26-17(11-23)15-8-14(20)7-13(2)21-15/h3-4,7-10,17H,5-6,11H2,1-2H3,(H2,20,21)/t17-/m0/s1. The Bertz CT molecular complexity index is 961. The summed E-state index contributed by atoms with van der Waals surface area (Å²) >= 11 is 0. The summed E-state index contributed by atoms with van der Waals surface area (Å²) < 4.78 is 7.71. The number of fused-ring (bicyclic) bond motifs is 1. The van der Waals surface area contributed by atoms with Crippen LogP contribution in [0.15, 0.2) is 36.7 Å². The average molecular weight is 351 g/mol. The molecule has 0 saturated carbocycles. The van der Waals surface area contributed by atoms with Crippen molar-refractivity contribution in [2.75, 3.05) is 25.4 Å². The van der Waals surface area contributed by atoms with Crippen molar-refractivity contribution in [3.05, 3.63) is 59.3 Å². The van der Waals surface area contributed by atoms with Crippen LogP contribution in [0.25, 0.3) is 5.65 Å². The van der Waals surface area contributed by atoms with E-state index in [0.29, 0.717) is 31.1 Å². The Kier molecular flexibility index (Phi) is 4.08. The molecule has 0 aromatic carbocycles. The number of carbonyl (C=O) groups is 1. The highest BCUT2D eigenvalue weighted by Gasteiger charge is 2.28. The fourth-order valence-electron chi connectivity index (χ4n) is 3.27. The van der Waals surface area contributed by atoms with Crippen LogP contribution in [0.2, 0.25) is 0 Å². The Morgan fingerprint density at radius 3 is 2.88 bits per heavy atom. The Labute approximate surface area is 151 Å². The minimum absolute atomic E-state index is 0.0970. The summed E-state index contributed by atoms with van der Waals surface area (Å²) in [5, 5.41) is 0. The molecule has 0 radical (unpaired) electrons. The Hall–Kier alpha value is -2.93. The third-order valence-electron chi connectivity index (χ3n) is 4.50. The van der Waals surface area contributed by atoms with Crippen LogP contribution in [0.5, 0.6) is 0 Å². The maximum absolute atomic E-state index is 12.9. The normalized spacial score (nSPS) is 17.6. The lowest BCUT2D eigenvalue weighted by Gasteiger charge is -2.32. The zero-order valence-corrected chi connectivity index (χ0v) is 14.8. The molecule has 1 saturated heterocycles. The number of carbonyl (C=O) groups excluding carboxylic acids is 1. The Morgan fingerprint density at radius 1 is 1.23 bits per heavy atom. The van der Waals surface area contributed by atoms with E-state index in [4.69, 9.17) is 10.5 Å². The highest BCUT2D eigenvalue weighted by Crippen LogP contribution is 2.24. The molecule has 4 heterocycles. The third kappa shape index (κ3) is 3.13. The maximum Gasteiger partial charge on any atom is 0.274 e. The molecule has 7 heteroatoms. The molecule has 7 nitrogen and oxygen atoms in total. The van der Waals surface area contributed by atoms with E-state index in [1.165, 1.54) is 0 Å². The largest absolute Gasteiger partial charge is 0.399 e. The zero-order chi connectivity index (χ0) is 18.3. The first-order chi connectivity index (χ1) is 12.5. The molecule has 4 rings (SSSR count). The number of hydrogen-bond donors (Lipinski definition) is 1. The van der Waals surface area contributed by atoms with Crippen molar-refractivity contribution >= 4 is 17.2 Å². The van der Waals surface area contributed by atoms with Crippen molar-refractivity contribution in [3.8, 4) is 0 Å². The van der Waals surface area contributed by atoms with Crippen molar-refractivity contribution in [1.29, 1.82) is 0 Å². The number of hydrogen-bond acceptors (Lipinski definition) is 5. The van der Waals surface area contributed by atoms with E-state index >= 15 is 0 Å². The van der Waals surface area contributed by atoms with Crippen LogP contribution in [0.3, 0.4) is 0 Å². The Morgan fingerprint density at radius 2 is 2.08 bits per heavy atom. The van der Waals surface area contributed by atoms with Gasteiger partial charge in [-0.25, -0.2) is 4.98 Å². The van der Waals surface area contributed by atoms with Crippen molar-refractivity contribution in [3.63, 3.8) is 0 Å². The van der Waals surface area contributed by atoms with E-state index in [2.05, 4.69) is 9.97 Å². The molecule has 1 atom stereocenters. The predicted molar refractivity (Wildman–Crippen MR) is 97.9 cm³/mol. The molecule has 3 aromatic rings. The van der Waals surface area contributed by atoms with Gasteiger partial charge in [0.05, 0.1) is 18.8 Å². The summed E-state index contributed by atoms with van der Waals surface area (Å²) in [6.07, 6.45) is 3.45. The maximum atomic E-state index is 12.9. The zero-order valence-electron chi connectivity index (χ0n) is 14.8. The lowest BCUT2D eigenvalue weighted by molar-refractivity contribution is -0.0249. The van der Waals surface area contributed by atoms with Crippen LogP contribution in [0, 0.1) is 13.8 Å². The first-order valence-corrected chi connectivity index (χ1v) is 8.60. The van der Waals surface area contributed by atoms with E-state index in [1.54, 1.807) is 17.2 Å². The van der Waals surface area contributed by atoms with E-state index in [-0.39, 0.29) is 12.0 Å². The number of rotatable bonds is 2. The molecule has 1 fully saturated rings. The van der Waals surface area contributed by atoms with Gasteiger partial charge in [-0.05, 0) is 37.6 Å². The highest BCUT2D eigenvalue weighted by atomic mass is 16.5. The monoisotopic (exact) mass is 351 g/mol. The topological polar surface area (TPSA) is 85.8 Å². The van der Waals surface area contributed by atoms with Gasteiger partial charge in [0.1, 0.15) is 17.4 Å². The fourth-order valence-corrected chi connectivity index (χ4v) is 3.27. The van der Waals surface area contributed by atoms with E-state index in [0.717, 1.165) is 22.6 Å². The van der Waals surface area contributed by atoms with Gasteiger partial charge < -0.3 is 19.8 Å². The predicted octanol–water partition coefficient (Wildman–Crippen LogP) is 2.14. The number of nitrogens with zero attached hydrogens (tertiary/aromatic N) is 4. The summed E-state index contributed by atoms with van der Waals surface area (Å²) in [7, 11) is 0. The molecule has 3 aromatic heterocycles. The van der Waals surface area contributed by atoms with E-state index in [1.807, 2.05) is 42.6 Å². The first-order valence-electron chi connectivity index (χ1n) is 8.60. The molecule has 0 bridgehead atoms. The van der Waals surface area contributed by atoms with Crippen LogP contribution >= 0.6 is 0 Å². The number of morpholine rings is 1. The minimum atomic E-state index is -0.283. The molecule has 134 valence electrons. The number of anilines is 1. The van der Waals surface area contributed by atoms with Crippen LogP contribution in [-0.2, 0) is 4.74 Å². The number of imidazole rings is 1. The summed E-state index contributed by atoms with van der Waals surface area (Å²) in [6.45, 7) is 5.32. The van der Waals surface area contributed by atoms with E-state index < -0.39 is 0 Å². The van der Waals surface area contributed by atoms with Crippen molar-refractivity contribution in [2.24, 2.45) is 0 Å². The minimum Gasteiger partial charge on any atom is -0.399 e. The lowest BCUT2D eigenvalue weighted by Crippen LogP contribution is -2.42. The number of aromatic nitrogens is 3. The SMILES string of the molecule is Cc1ccc2nc(C(=O)N3CCO[C@H](c4cc(N)cc(C)n4)C3)cn2c1. The molecule has 0 unspecified atom stereocenters. The van der Waals surface area contributed by atoms with Crippen LogP contribution < -0.4 is 5.73 Å². The molecule has 26 heavy (non-hydrogen) atoms. The summed E-state index contributed by atoms with van der Waals surface area (Å²) in [6, 6.07) is 7.51. The number of pyridine rings is 2. The van der Waals surface area contributed by atoms with Gasteiger partial charge in [0, 0.05) is 30.3 Å². The van der Waals surface area contributed by atoms with Gasteiger partial charge in [-0.1, -0.05) is 6.07 Å². The van der Waals surface area contributed by atoms with E-state index in [9.17, 15) is 4.79 Å². The van der Waals surface area contributed by atoms with Gasteiger partial charge >= 0.3 is 0 Å². The van der Waals surface area contributed by atoms with Crippen molar-refractivity contribution in [2.45, 2.75) is 20.0 Å². The van der Waals surface area contributed by atoms with Crippen LogP contribution in [0.4, 0.5) is 5.69 Å². The van der Waals surface area contributed by atoms with Gasteiger partial charge in [0.2, 0.25) is 0 Å². The summed E-state index contributed by atoms with van der Waals surface area (Å²) in [5.74, 6) is -0.0970. The van der Waals surface area contributed by atoms with Gasteiger partial charge in [-0.2, -0.15) is 0 Å². The van der Waals surface area contributed by atoms with Gasteiger partial charge in [-0.15, -0.1) is 0 Å². The number of nitrogen functional groups attached to an aromatic ring is 1. The smallest absolute Gasteiger partial charge is 0.274 e. The van der Waals surface area contributed by atoms with Gasteiger partial charge in [0.15, 0.2) is 0 Å². The van der Waals surface area contributed by atoms with Gasteiger partial charge in [0.25, 0.3) is 5.91 Å². The molecular weight excluding hydrogens is 330 g/mol. The highest BCUT2D eigenvalue weighted by molar-refractivity contribution is 5.93. The molecule has 1 amide bonds. The van der Waals surface area contributed by atoms with Gasteiger partial charge in [-0.3, -0.25) is 9.78 Å². The molecule has 1 aliphatic rings. The second-order valence-corrected chi connectivity index (χ2v) is 6.68. The molecule has 0 spiro atoms. The second-order valence-electron chi connectivity index (χ2n) is 6.68. The number of ether oxygens (including phenoxy) is 1. The van der Waals surface area contributed by atoms with Crippen LogP contribution in [0.1, 0.15) is 33.5 Å². The number of nitrogens with two attached hydrogens (primary N) is 1. The molecule has 1 aliphatic heterocycles. The second kappa shape index (κ2) is 6.42. The molecule has 0 aliphatic carbocycles. The molecular formula is C19H21N5O2. The van der Waals surface area contributed by atoms with Crippen LogP contribution in [-0.4, -0.2) is 44.9 Å². The number of aryl methyl sites for hydroxylation is 2. The summed E-state index contributed by atoms with van der Waals surface area (Å²) in [5.41, 5.74) is 10.5. The quantitative estimate of drug-likeness (QED) is 0.764. The Balaban J connectivity index is 1.57. The van der Waals surface area contributed by atoms with Crippen molar-refractivity contribution < 1.29 is 9.53 Å².